The lowest BCUT2D eigenvalue weighted by atomic mass is 9.94. The van der Waals surface area contributed by atoms with Gasteiger partial charge in [0.1, 0.15) is 5.69 Å². The molecule has 0 radical (unpaired) electrons. The van der Waals surface area contributed by atoms with Crippen molar-refractivity contribution in [3.05, 3.63) is 36.0 Å². The van der Waals surface area contributed by atoms with Crippen LogP contribution in [0.2, 0.25) is 0 Å². The largest absolute Gasteiger partial charge is 0.398 e. The molecular formula is C16H19N3O2. The monoisotopic (exact) mass is 285 g/mol. The first-order valence-electron chi connectivity index (χ1n) is 7.13. The summed E-state index contributed by atoms with van der Waals surface area (Å²) < 4.78 is 5.46. The van der Waals surface area contributed by atoms with Gasteiger partial charge in [-0.05, 0) is 31.9 Å². The predicted octanol–water partition coefficient (Wildman–Crippen LogP) is 2.12. The molecule has 1 aliphatic heterocycles. The van der Waals surface area contributed by atoms with Gasteiger partial charge in [-0.1, -0.05) is 18.2 Å². The van der Waals surface area contributed by atoms with E-state index in [4.69, 9.17) is 10.5 Å². The van der Waals surface area contributed by atoms with Gasteiger partial charge < -0.3 is 15.8 Å². The fourth-order valence-corrected chi connectivity index (χ4v) is 2.69. The maximum atomic E-state index is 12.4. The van der Waals surface area contributed by atoms with Gasteiger partial charge in [-0.3, -0.25) is 4.79 Å². The number of fused-ring (bicyclic) bond motifs is 1. The third-order valence-corrected chi connectivity index (χ3v) is 3.83. The van der Waals surface area contributed by atoms with Crippen molar-refractivity contribution in [1.82, 2.24) is 10.3 Å². The molecule has 5 heteroatoms. The summed E-state index contributed by atoms with van der Waals surface area (Å²) in [6.07, 6.45) is 1.85. The molecule has 0 aliphatic carbocycles. The second-order valence-corrected chi connectivity index (χ2v) is 5.78. The van der Waals surface area contributed by atoms with Gasteiger partial charge in [-0.25, -0.2) is 4.98 Å². The SMILES string of the molecule is CC1(NC(=O)c2cc(N)c3ccccc3n2)CCCOC1. The minimum absolute atomic E-state index is 0.208. The standard InChI is InChI=1S/C16H19N3O2/c1-16(7-4-8-21-10-16)19-15(20)14-9-12(17)11-5-2-3-6-13(11)18-14/h2-3,5-6,9H,4,7-8,10H2,1H3,(H2,17,18)(H,19,20). The van der Waals surface area contributed by atoms with Crippen LogP contribution in [0.15, 0.2) is 30.3 Å². The second kappa shape index (κ2) is 5.33. The molecule has 110 valence electrons. The number of nitrogens with one attached hydrogen (secondary N) is 1. The molecule has 1 aromatic carbocycles. The van der Waals surface area contributed by atoms with E-state index >= 15 is 0 Å². The highest BCUT2D eigenvalue weighted by molar-refractivity contribution is 5.99. The molecular weight excluding hydrogens is 266 g/mol. The van der Waals surface area contributed by atoms with Crippen LogP contribution in [0.3, 0.4) is 0 Å². The third kappa shape index (κ3) is 2.83. The van der Waals surface area contributed by atoms with E-state index in [-0.39, 0.29) is 11.4 Å². The highest BCUT2D eigenvalue weighted by atomic mass is 16.5. The number of nitrogen functional groups attached to an aromatic ring is 1. The summed E-state index contributed by atoms with van der Waals surface area (Å²) >= 11 is 0. The smallest absolute Gasteiger partial charge is 0.270 e. The van der Waals surface area contributed by atoms with Crippen molar-refractivity contribution in [3.8, 4) is 0 Å². The Bertz CT molecular complexity index is 678. The van der Waals surface area contributed by atoms with Crippen LogP contribution in [0.4, 0.5) is 5.69 Å². The van der Waals surface area contributed by atoms with Crippen molar-refractivity contribution < 1.29 is 9.53 Å². The summed E-state index contributed by atoms with van der Waals surface area (Å²) in [5, 5.41) is 3.88. The summed E-state index contributed by atoms with van der Waals surface area (Å²) in [6.45, 7) is 3.28. The lowest BCUT2D eigenvalue weighted by Gasteiger charge is -2.34. The molecule has 0 spiro atoms. The molecule has 1 saturated heterocycles. The van der Waals surface area contributed by atoms with Gasteiger partial charge in [0, 0.05) is 17.7 Å². The number of benzene rings is 1. The first-order chi connectivity index (χ1) is 10.1. The van der Waals surface area contributed by atoms with Gasteiger partial charge in [-0.15, -0.1) is 0 Å². The number of hydrogen-bond acceptors (Lipinski definition) is 4. The minimum atomic E-state index is -0.336. The fourth-order valence-electron chi connectivity index (χ4n) is 2.69. The lowest BCUT2D eigenvalue weighted by molar-refractivity contribution is 0.0271. The van der Waals surface area contributed by atoms with Gasteiger partial charge in [0.2, 0.25) is 0 Å². The van der Waals surface area contributed by atoms with E-state index in [1.54, 1.807) is 6.07 Å². The molecule has 0 saturated carbocycles. The zero-order valence-corrected chi connectivity index (χ0v) is 12.1. The quantitative estimate of drug-likeness (QED) is 0.886. The van der Waals surface area contributed by atoms with Crippen LogP contribution >= 0.6 is 0 Å². The zero-order chi connectivity index (χ0) is 14.9. The Kier molecular flexibility index (Phi) is 3.51. The van der Waals surface area contributed by atoms with Gasteiger partial charge in [0.05, 0.1) is 17.7 Å². The highest BCUT2D eigenvalue weighted by Crippen LogP contribution is 2.22. The van der Waals surface area contributed by atoms with Crippen molar-refractivity contribution >= 4 is 22.5 Å². The predicted molar refractivity (Wildman–Crippen MR) is 82.1 cm³/mol. The normalized spacial score (nSPS) is 22.1. The Morgan fingerprint density at radius 1 is 1.43 bits per heavy atom. The lowest BCUT2D eigenvalue weighted by Crippen LogP contribution is -2.51. The number of pyridine rings is 1. The van der Waals surface area contributed by atoms with Gasteiger partial charge in [0.25, 0.3) is 5.91 Å². The summed E-state index contributed by atoms with van der Waals surface area (Å²) in [4.78, 5) is 16.8. The van der Waals surface area contributed by atoms with Gasteiger partial charge >= 0.3 is 0 Å². The molecule has 1 fully saturated rings. The first-order valence-corrected chi connectivity index (χ1v) is 7.13. The summed E-state index contributed by atoms with van der Waals surface area (Å²) in [7, 11) is 0. The molecule has 3 N–H and O–H groups in total. The average molecular weight is 285 g/mol. The topological polar surface area (TPSA) is 77.2 Å². The summed E-state index contributed by atoms with van der Waals surface area (Å²) in [5.74, 6) is -0.208. The molecule has 1 aliphatic rings. The van der Waals surface area contributed by atoms with Crippen LogP contribution in [0.25, 0.3) is 10.9 Å². The van der Waals surface area contributed by atoms with E-state index in [9.17, 15) is 4.79 Å². The summed E-state index contributed by atoms with van der Waals surface area (Å²) in [6, 6.07) is 9.17. The Labute approximate surface area is 123 Å². The molecule has 3 rings (SSSR count). The van der Waals surface area contributed by atoms with Crippen LogP contribution in [0, 0.1) is 0 Å². The number of rotatable bonds is 2. The van der Waals surface area contributed by atoms with Crippen LogP contribution in [0.1, 0.15) is 30.3 Å². The van der Waals surface area contributed by atoms with Crippen LogP contribution < -0.4 is 11.1 Å². The molecule has 1 unspecified atom stereocenters. The molecule has 5 nitrogen and oxygen atoms in total. The highest BCUT2D eigenvalue weighted by Gasteiger charge is 2.30. The molecule has 21 heavy (non-hydrogen) atoms. The maximum absolute atomic E-state index is 12.4. The van der Waals surface area contributed by atoms with E-state index in [0.29, 0.717) is 18.0 Å². The van der Waals surface area contributed by atoms with E-state index in [1.165, 1.54) is 0 Å². The third-order valence-electron chi connectivity index (χ3n) is 3.83. The Morgan fingerprint density at radius 3 is 3.00 bits per heavy atom. The van der Waals surface area contributed by atoms with E-state index < -0.39 is 0 Å². The van der Waals surface area contributed by atoms with Crippen molar-refractivity contribution in [1.29, 1.82) is 0 Å². The number of carbonyl (C=O) groups excluding carboxylic acids is 1. The minimum Gasteiger partial charge on any atom is -0.398 e. The number of anilines is 1. The number of carbonyl (C=O) groups is 1. The number of ether oxygens (including phenoxy) is 1. The van der Waals surface area contributed by atoms with E-state index in [2.05, 4.69) is 10.3 Å². The van der Waals surface area contributed by atoms with Gasteiger partial charge in [0.15, 0.2) is 0 Å². The van der Waals surface area contributed by atoms with Gasteiger partial charge in [-0.2, -0.15) is 0 Å². The van der Waals surface area contributed by atoms with Crippen molar-refractivity contribution in [2.75, 3.05) is 18.9 Å². The van der Waals surface area contributed by atoms with Crippen molar-refractivity contribution in [2.45, 2.75) is 25.3 Å². The first kappa shape index (κ1) is 13.8. The number of para-hydroxylation sites is 1. The average Bonchev–Trinajstić information content (AvgIpc) is 2.47. The number of nitrogens with zero attached hydrogens (tertiary/aromatic N) is 1. The molecule has 1 aromatic heterocycles. The summed E-state index contributed by atoms with van der Waals surface area (Å²) in [5.41, 5.74) is 7.32. The van der Waals surface area contributed by atoms with Crippen molar-refractivity contribution in [3.63, 3.8) is 0 Å². The Morgan fingerprint density at radius 2 is 2.24 bits per heavy atom. The second-order valence-electron chi connectivity index (χ2n) is 5.78. The van der Waals surface area contributed by atoms with Crippen LogP contribution in [0.5, 0.6) is 0 Å². The fraction of sp³-hybridized carbons (Fsp3) is 0.375. The van der Waals surface area contributed by atoms with Crippen LogP contribution in [-0.2, 0) is 4.74 Å². The van der Waals surface area contributed by atoms with Crippen molar-refractivity contribution in [2.24, 2.45) is 0 Å². The van der Waals surface area contributed by atoms with Crippen LogP contribution in [-0.4, -0.2) is 29.6 Å². The Hall–Kier alpha value is -2.14. The zero-order valence-electron chi connectivity index (χ0n) is 12.1. The molecule has 2 aromatic rings. The number of hydrogen-bond donors (Lipinski definition) is 2. The molecule has 1 atom stereocenters. The molecule has 0 bridgehead atoms. The Balaban J connectivity index is 1.87. The number of aromatic nitrogens is 1. The number of nitrogens with two attached hydrogens (primary N) is 1. The van der Waals surface area contributed by atoms with E-state index in [1.807, 2.05) is 31.2 Å². The maximum Gasteiger partial charge on any atom is 0.270 e. The number of amides is 1. The molecule has 1 amide bonds. The van der Waals surface area contributed by atoms with E-state index in [0.717, 1.165) is 30.4 Å². The molecule has 2 heterocycles.